The molecule has 1 saturated heterocycles. The van der Waals surface area contributed by atoms with Crippen molar-refractivity contribution in [2.24, 2.45) is 0 Å². The first-order valence-electron chi connectivity index (χ1n) is 6.94. The van der Waals surface area contributed by atoms with Gasteiger partial charge in [-0.25, -0.2) is 4.39 Å². The fourth-order valence-corrected chi connectivity index (χ4v) is 4.69. The van der Waals surface area contributed by atoms with Gasteiger partial charge in [0.05, 0.1) is 0 Å². The van der Waals surface area contributed by atoms with Crippen LogP contribution in [0.25, 0.3) is 0 Å². The van der Waals surface area contributed by atoms with Crippen LogP contribution in [-0.2, 0) is 0 Å². The Morgan fingerprint density at radius 2 is 2.00 bits per heavy atom. The van der Waals surface area contributed by atoms with Crippen LogP contribution in [0.5, 0.6) is 0 Å². The monoisotopic (exact) mass is 321 g/mol. The zero-order valence-corrected chi connectivity index (χ0v) is 13.1. The standard InChI is InChI=1S/C16H16FNOS2/c17-13-5-3-12(4-6-13)16(19)18-8-7-15(21-11-9-18)14-2-1-10-20-14/h1-6,10,15H,7-9,11H2. The lowest BCUT2D eigenvalue weighted by atomic mass is 10.1. The smallest absolute Gasteiger partial charge is 0.253 e. The molecule has 1 aromatic heterocycles. The van der Waals surface area contributed by atoms with Crippen LogP contribution < -0.4 is 0 Å². The highest BCUT2D eigenvalue weighted by molar-refractivity contribution is 7.99. The van der Waals surface area contributed by atoms with E-state index in [4.69, 9.17) is 0 Å². The van der Waals surface area contributed by atoms with Crippen molar-refractivity contribution < 1.29 is 9.18 Å². The topological polar surface area (TPSA) is 20.3 Å². The van der Waals surface area contributed by atoms with E-state index in [1.54, 1.807) is 23.5 Å². The summed E-state index contributed by atoms with van der Waals surface area (Å²) >= 11 is 3.70. The Morgan fingerprint density at radius 3 is 2.71 bits per heavy atom. The van der Waals surface area contributed by atoms with Crippen LogP contribution in [0.4, 0.5) is 4.39 Å². The Kier molecular flexibility index (Phi) is 4.60. The molecule has 1 aliphatic heterocycles. The van der Waals surface area contributed by atoms with Gasteiger partial charge in [-0.1, -0.05) is 6.07 Å². The first kappa shape index (κ1) is 14.6. The number of hydrogen-bond donors (Lipinski definition) is 0. The first-order valence-corrected chi connectivity index (χ1v) is 8.87. The molecule has 2 aromatic rings. The van der Waals surface area contributed by atoms with Crippen molar-refractivity contribution in [1.82, 2.24) is 4.90 Å². The second-order valence-corrected chi connectivity index (χ2v) is 7.25. The number of amides is 1. The predicted octanol–water partition coefficient (Wildman–Crippen LogP) is 4.21. The molecule has 2 nitrogen and oxygen atoms in total. The normalized spacial score (nSPS) is 19.3. The van der Waals surface area contributed by atoms with E-state index in [0.717, 1.165) is 25.3 Å². The van der Waals surface area contributed by atoms with Crippen molar-refractivity contribution in [3.63, 3.8) is 0 Å². The van der Waals surface area contributed by atoms with Gasteiger partial charge in [-0.2, -0.15) is 11.8 Å². The van der Waals surface area contributed by atoms with Crippen LogP contribution in [0, 0.1) is 5.82 Å². The minimum atomic E-state index is -0.310. The van der Waals surface area contributed by atoms with Gasteiger partial charge in [0.25, 0.3) is 5.91 Å². The third-order valence-corrected chi connectivity index (χ3v) is 6.03. The summed E-state index contributed by atoms with van der Waals surface area (Å²) in [5.41, 5.74) is 0.566. The summed E-state index contributed by atoms with van der Waals surface area (Å²) in [4.78, 5) is 15.7. The second kappa shape index (κ2) is 6.62. The Labute approximate surface area is 132 Å². The average Bonchev–Trinajstić information content (AvgIpc) is 2.92. The SMILES string of the molecule is O=C(c1ccc(F)cc1)N1CCSC(c2cccs2)CC1. The lowest BCUT2D eigenvalue weighted by Crippen LogP contribution is -2.32. The second-order valence-electron chi connectivity index (χ2n) is 4.96. The lowest BCUT2D eigenvalue weighted by Gasteiger charge is -2.20. The van der Waals surface area contributed by atoms with Gasteiger partial charge in [-0.05, 0) is 42.1 Å². The molecule has 21 heavy (non-hydrogen) atoms. The molecule has 0 aliphatic carbocycles. The largest absolute Gasteiger partial charge is 0.338 e. The number of thioether (sulfide) groups is 1. The molecular formula is C16H16FNOS2. The van der Waals surface area contributed by atoms with Crippen LogP contribution in [0.15, 0.2) is 41.8 Å². The number of carbonyl (C=O) groups is 1. The molecule has 1 amide bonds. The average molecular weight is 321 g/mol. The highest BCUT2D eigenvalue weighted by Crippen LogP contribution is 2.36. The van der Waals surface area contributed by atoms with Crippen LogP contribution >= 0.6 is 23.1 Å². The highest BCUT2D eigenvalue weighted by atomic mass is 32.2. The van der Waals surface area contributed by atoms with Crippen molar-refractivity contribution in [2.45, 2.75) is 11.7 Å². The highest BCUT2D eigenvalue weighted by Gasteiger charge is 2.23. The maximum absolute atomic E-state index is 12.9. The van der Waals surface area contributed by atoms with Crippen LogP contribution in [0.2, 0.25) is 0 Å². The Bertz CT molecular complexity index is 597. The molecule has 3 rings (SSSR count). The quantitative estimate of drug-likeness (QED) is 0.826. The van der Waals surface area contributed by atoms with E-state index in [9.17, 15) is 9.18 Å². The zero-order chi connectivity index (χ0) is 14.7. The summed E-state index contributed by atoms with van der Waals surface area (Å²) in [6.45, 7) is 1.51. The molecule has 1 aromatic carbocycles. The van der Waals surface area contributed by atoms with E-state index in [0.29, 0.717) is 10.8 Å². The van der Waals surface area contributed by atoms with Gasteiger partial charge in [-0.15, -0.1) is 11.3 Å². The summed E-state index contributed by atoms with van der Waals surface area (Å²) in [5, 5.41) is 2.58. The van der Waals surface area contributed by atoms with Crippen molar-refractivity contribution in [3.05, 3.63) is 58.0 Å². The molecule has 1 fully saturated rings. The number of hydrogen-bond acceptors (Lipinski definition) is 3. The number of halogens is 1. The molecule has 0 spiro atoms. The molecule has 0 saturated carbocycles. The Balaban J connectivity index is 1.67. The molecule has 0 radical (unpaired) electrons. The van der Waals surface area contributed by atoms with Gasteiger partial charge < -0.3 is 4.90 Å². The molecular weight excluding hydrogens is 305 g/mol. The molecule has 0 bridgehead atoms. The van der Waals surface area contributed by atoms with Gasteiger partial charge in [0.1, 0.15) is 5.82 Å². The molecule has 0 N–H and O–H groups in total. The third kappa shape index (κ3) is 3.47. The fraction of sp³-hybridized carbons (Fsp3) is 0.312. The maximum Gasteiger partial charge on any atom is 0.253 e. The molecule has 110 valence electrons. The summed E-state index contributed by atoms with van der Waals surface area (Å²) in [5.74, 6) is 0.633. The molecule has 1 aliphatic rings. The van der Waals surface area contributed by atoms with Crippen LogP contribution in [0.3, 0.4) is 0 Å². The Hall–Kier alpha value is -1.33. The third-order valence-electron chi connectivity index (χ3n) is 3.58. The zero-order valence-electron chi connectivity index (χ0n) is 11.5. The fourth-order valence-electron chi connectivity index (χ4n) is 2.45. The van der Waals surface area contributed by atoms with E-state index < -0.39 is 0 Å². The van der Waals surface area contributed by atoms with E-state index in [-0.39, 0.29) is 11.7 Å². The van der Waals surface area contributed by atoms with Crippen molar-refractivity contribution in [2.75, 3.05) is 18.8 Å². The van der Waals surface area contributed by atoms with E-state index >= 15 is 0 Å². The molecule has 1 atom stereocenters. The van der Waals surface area contributed by atoms with Gasteiger partial charge in [-0.3, -0.25) is 4.79 Å². The van der Waals surface area contributed by atoms with E-state index in [1.807, 2.05) is 16.7 Å². The van der Waals surface area contributed by atoms with Crippen molar-refractivity contribution in [1.29, 1.82) is 0 Å². The molecule has 1 unspecified atom stereocenters. The molecule has 2 heterocycles. The summed E-state index contributed by atoms with van der Waals surface area (Å²) in [7, 11) is 0. The van der Waals surface area contributed by atoms with E-state index in [1.165, 1.54) is 17.0 Å². The summed E-state index contributed by atoms with van der Waals surface area (Å²) in [6.07, 6.45) is 0.970. The van der Waals surface area contributed by atoms with Gasteiger partial charge >= 0.3 is 0 Å². The van der Waals surface area contributed by atoms with Crippen molar-refractivity contribution >= 4 is 29.0 Å². The minimum absolute atomic E-state index is 0.00225. The summed E-state index contributed by atoms with van der Waals surface area (Å²) in [6, 6.07) is 10.0. The Morgan fingerprint density at radius 1 is 1.19 bits per heavy atom. The number of nitrogens with zero attached hydrogens (tertiary/aromatic N) is 1. The van der Waals surface area contributed by atoms with Gasteiger partial charge in [0, 0.05) is 34.5 Å². The molecule has 5 heteroatoms. The minimum Gasteiger partial charge on any atom is -0.338 e. The number of benzene rings is 1. The first-order chi connectivity index (χ1) is 10.2. The van der Waals surface area contributed by atoms with Gasteiger partial charge in [0.2, 0.25) is 0 Å². The van der Waals surface area contributed by atoms with Crippen LogP contribution in [0.1, 0.15) is 26.9 Å². The maximum atomic E-state index is 12.9. The lowest BCUT2D eigenvalue weighted by molar-refractivity contribution is 0.0766. The summed E-state index contributed by atoms with van der Waals surface area (Å²) < 4.78 is 12.9. The van der Waals surface area contributed by atoms with Gasteiger partial charge in [0.15, 0.2) is 0 Å². The number of carbonyl (C=O) groups excluding carboxylic acids is 1. The van der Waals surface area contributed by atoms with Crippen LogP contribution in [-0.4, -0.2) is 29.6 Å². The number of thiophene rings is 1. The number of rotatable bonds is 2. The predicted molar refractivity (Wildman–Crippen MR) is 86.4 cm³/mol. The van der Waals surface area contributed by atoms with Crippen molar-refractivity contribution in [3.8, 4) is 0 Å². The van der Waals surface area contributed by atoms with E-state index in [2.05, 4.69) is 17.5 Å².